The van der Waals surface area contributed by atoms with Crippen LogP contribution in [-0.4, -0.2) is 37.0 Å². The standard InChI is InChI=1S/C12H19NO4S2/c1-3-17-12-5-4-11(13)8-10(12)9-18(14)6-7-19(2,15)16/h4-5,8H,3,6-7,9,13H2,1-2H3. The van der Waals surface area contributed by atoms with E-state index in [1.807, 2.05) is 6.92 Å². The molecule has 0 saturated heterocycles. The maximum atomic E-state index is 11.9. The molecule has 0 fully saturated rings. The van der Waals surface area contributed by atoms with Gasteiger partial charge in [-0.2, -0.15) is 0 Å². The Hall–Kier alpha value is -1.08. The highest BCUT2D eigenvalue weighted by molar-refractivity contribution is 7.92. The Kier molecular flexibility index (Phi) is 5.81. The van der Waals surface area contributed by atoms with Crippen LogP contribution in [0.25, 0.3) is 0 Å². The van der Waals surface area contributed by atoms with Crippen molar-refractivity contribution in [3.05, 3.63) is 23.8 Å². The van der Waals surface area contributed by atoms with E-state index in [9.17, 15) is 12.6 Å². The molecule has 7 heteroatoms. The normalized spacial score (nSPS) is 13.2. The summed E-state index contributed by atoms with van der Waals surface area (Å²) in [6.07, 6.45) is 1.14. The van der Waals surface area contributed by atoms with E-state index in [2.05, 4.69) is 0 Å². The van der Waals surface area contributed by atoms with Gasteiger partial charge in [0.1, 0.15) is 15.6 Å². The van der Waals surface area contributed by atoms with Crippen LogP contribution in [0.4, 0.5) is 5.69 Å². The first-order valence-corrected chi connectivity index (χ1v) is 9.40. The second-order valence-corrected chi connectivity index (χ2v) is 8.05. The van der Waals surface area contributed by atoms with Crippen LogP contribution in [0.2, 0.25) is 0 Å². The third-order valence-electron chi connectivity index (χ3n) is 2.38. The minimum Gasteiger partial charge on any atom is -0.494 e. The van der Waals surface area contributed by atoms with Crippen LogP contribution in [-0.2, 0) is 26.4 Å². The Morgan fingerprint density at radius 2 is 2.05 bits per heavy atom. The monoisotopic (exact) mass is 305 g/mol. The van der Waals surface area contributed by atoms with E-state index in [-0.39, 0.29) is 17.3 Å². The molecule has 0 radical (unpaired) electrons. The fraction of sp³-hybridized carbons (Fsp3) is 0.500. The predicted molar refractivity (Wildman–Crippen MR) is 78.4 cm³/mol. The molecule has 0 aromatic heterocycles. The summed E-state index contributed by atoms with van der Waals surface area (Å²) >= 11 is 0. The van der Waals surface area contributed by atoms with Crippen LogP contribution in [0.5, 0.6) is 5.75 Å². The summed E-state index contributed by atoms with van der Waals surface area (Å²) in [6, 6.07) is 5.17. The van der Waals surface area contributed by atoms with Crippen LogP contribution in [0, 0.1) is 0 Å². The quantitative estimate of drug-likeness (QED) is 0.758. The van der Waals surface area contributed by atoms with Crippen molar-refractivity contribution in [3.63, 3.8) is 0 Å². The zero-order valence-corrected chi connectivity index (χ0v) is 12.7. The molecule has 1 aromatic rings. The van der Waals surface area contributed by atoms with E-state index in [4.69, 9.17) is 10.5 Å². The Balaban J connectivity index is 2.75. The van der Waals surface area contributed by atoms with Gasteiger partial charge < -0.3 is 10.5 Å². The highest BCUT2D eigenvalue weighted by Crippen LogP contribution is 2.23. The fourth-order valence-electron chi connectivity index (χ4n) is 1.50. The predicted octanol–water partition coefficient (Wildman–Crippen LogP) is 0.961. The van der Waals surface area contributed by atoms with Gasteiger partial charge in [0.05, 0.1) is 18.1 Å². The summed E-state index contributed by atoms with van der Waals surface area (Å²) in [5, 5.41) is 0. The first-order valence-electron chi connectivity index (χ1n) is 5.85. The van der Waals surface area contributed by atoms with Gasteiger partial charge in [0.25, 0.3) is 0 Å². The molecule has 2 N–H and O–H groups in total. The second-order valence-electron chi connectivity index (χ2n) is 4.22. The van der Waals surface area contributed by atoms with Gasteiger partial charge in [-0.1, -0.05) is 0 Å². The molecule has 1 rings (SSSR count). The lowest BCUT2D eigenvalue weighted by atomic mass is 10.2. The van der Waals surface area contributed by atoms with Crippen LogP contribution in [0.3, 0.4) is 0 Å². The summed E-state index contributed by atoms with van der Waals surface area (Å²) in [5.74, 6) is 0.936. The molecule has 0 amide bonds. The fourth-order valence-corrected chi connectivity index (χ4v) is 4.17. The van der Waals surface area contributed by atoms with Crippen molar-refractivity contribution in [1.29, 1.82) is 0 Å². The summed E-state index contributed by atoms with van der Waals surface area (Å²) in [6.45, 7) is 2.37. The average molecular weight is 305 g/mol. The molecule has 1 atom stereocenters. The van der Waals surface area contributed by atoms with Crippen molar-refractivity contribution in [1.82, 2.24) is 0 Å². The molecule has 0 bridgehead atoms. The number of benzene rings is 1. The van der Waals surface area contributed by atoms with Gasteiger partial charge in [-0.3, -0.25) is 4.21 Å². The smallest absolute Gasteiger partial charge is 0.148 e. The maximum absolute atomic E-state index is 11.9. The van der Waals surface area contributed by atoms with Crippen LogP contribution in [0.1, 0.15) is 12.5 Å². The highest BCUT2D eigenvalue weighted by Gasteiger charge is 2.11. The maximum Gasteiger partial charge on any atom is 0.148 e. The molecule has 0 aliphatic heterocycles. The summed E-state index contributed by atoms with van der Waals surface area (Å²) in [7, 11) is -4.34. The highest BCUT2D eigenvalue weighted by atomic mass is 32.2. The van der Waals surface area contributed by atoms with Gasteiger partial charge in [0.15, 0.2) is 0 Å². The zero-order chi connectivity index (χ0) is 14.5. The molecule has 0 spiro atoms. The van der Waals surface area contributed by atoms with Gasteiger partial charge in [-0.25, -0.2) is 8.42 Å². The zero-order valence-electron chi connectivity index (χ0n) is 11.1. The topological polar surface area (TPSA) is 86.5 Å². The van der Waals surface area contributed by atoms with Crippen molar-refractivity contribution in [3.8, 4) is 5.75 Å². The molecule has 5 nitrogen and oxygen atoms in total. The van der Waals surface area contributed by atoms with Gasteiger partial charge >= 0.3 is 0 Å². The molecule has 0 aliphatic rings. The van der Waals surface area contributed by atoms with Gasteiger partial charge in [-0.05, 0) is 25.1 Å². The molecule has 1 aromatic carbocycles. The molecule has 0 saturated carbocycles. The van der Waals surface area contributed by atoms with Gasteiger partial charge in [0, 0.05) is 34.1 Å². The summed E-state index contributed by atoms with van der Waals surface area (Å²) < 4.78 is 39.4. The van der Waals surface area contributed by atoms with Crippen molar-refractivity contribution < 1.29 is 17.4 Å². The third kappa shape index (κ3) is 6.07. The first kappa shape index (κ1) is 16.0. The SMILES string of the molecule is CCOc1ccc(N)cc1CS(=O)CCS(C)(=O)=O. The van der Waals surface area contributed by atoms with Crippen molar-refractivity contribution in [2.24, 2.45) is 0 Å². The number of nitrogen functional groups attached to an aromatic ring is 1. The summed E-state index contributed by atoms with van der Waals surface area (Å²) in [5.41, 5.74) is 7.00. The lowest BCUT2D eigenvalue weighted by Crippen LogP contribution is -2.13. The van der Waals surface area contributed by atoms with E-state index in [1.165, 1.54) is 0 Å². The van der Waals surface area contributed by atoms with Gasteiger partial charge in [-0.15, -0.1) is 0 Å². The van der Waals surface area contributed by atoms with E-state index in [0.29, 0.717) is 18.0 Å². The first-order chi connectivity index (χ1) is 8.81. The number of anilines is 1. The number of ether oxygens (including phenoxy) is 1. The molecular formula is C12H19NO4S2. The molecule has 108 valence electrons. The number of hydrogen-bond donors (Lipinski definition) is 1. The van der Waals surface area contributed by atoms with Crippen molar-refractivity contribution in [2.45, 2.75) is 12.7 Å². The van der Waals surface area contributed by atoms with Gasteiger partial charge in [0.2, 0.25) is 0 Å². The molecular weight excluding hydrogens is 286 g/mol. The average Bonchev–Trinajstić information content (AvgIpc) is 2.29. The van der Waals surface area contributed by atoms with E-state index >= 15 is 0 Å². The Labute approximate surface area is 116 Å². The van der Waals surface area contributed by atoms with E-state index in [0.717, 1.165) is 11.8 Å². The van der Waals surface area contributed by atoms with Crippen molar-refractivity contribution >= 4 is 26.3 Å². The van der Waals surface area contributed by atoms with E-state index in [1.54, 1.807) is 18.2 Å². The third-order valence-corrected chi connectivity index (χ3v) is 4.88. The molecule has 0 aliphatic carbocycles. The Bertz CT molecular complexity index is 555. The molecule has 1 unspecified atom stereocenters. The minimum absolute atomic E-state index is 0.0775. The largest absolute Gasteiger partial charge is 0.494 e. The lowest BCUT2D eigenvalue weighted by molar-refractivity contribution is 0.337. The van der Waals surface area contributed by atoms with E-state index < -0.39 is 20.6 Å². The Morgan fingerprint density at radius 3 is 2.63 bits per heavy atom. The lowest BCUT2D eigenvalue weighted by Gasteiger charge is -2.10. The molecule has 0 heterocycles. The summed E-state index contributed by atoms with van der Waals surface area (Å²) in [4.78, 5) is 0. The number of hydrogen-bond acceptors (Lipinski definition) is 5. The second kappa shape index (κ2) is 6.91. The van der Waals surface area contributed by atoms with Crippen molar-refractivity contribution in [2.75, 3.05) is 30.1 Å². The number of nitrogens with two attached hydrogens (primary N) is 1. The van der Waals surface area contributed by atoms with Crippen LogP contribution < -0.4 is 10.5 Å². The van der Waals surface area contributed by atoms with Crippen LogP contribution >= 0.6 is 0 Å². The minimum atomic E-state index is -3.09. The molecule has 19 heavy (non-hydrogen) atoms. The van der Waals surface area contributed by atoms with Crippen LogP contribution in [0.15, 0.2) is 18.2 Å². The number of rotatable bonds is 7. The Morgan fingerprint density at radius 1 is 1.37 bits per heavy atom. The number of sulfone groups is 1.